The number of nitrogens with one attached hydrogen (secondary N) is 1. The first-order valence-corrected chi connectivity index (χ1v) is 7.93. The number of hydrogen-bond donors (Lipinski definition) is 1. The van der Waals surface area contributed by atoms with Gasteiger partial charge < -0.3 is 0 Å². The fourth-order valence-electron chi connectivity index (χ4n) is 1.63. The van der Waals surface area contributed by atoms with Crippen molar-refractivity contribution in [1.29, 1.82) is 0 Å². The molecule has 0 atom stereocenters. The number of sulfone groups is 1. The summed E-state index contributed by atoms with van der Waals surface area (Å²) in [6, 6.07) is 5.37. The Balaban J connectivity index is 2.43. The molecule has 0 saturated heterocycles. The third-order valence-electron chi connectivity index (χ3n) is 2.73. The molecule has 5 nitrogen and oxygen atoms in total. The second-order valence-corrected chi connectivity index (χ2v) is 6.97. The second-order valence-electron chi connectivity index (χ2n) is 4.19. The van der Waals surface area contributed by atoms with Crippen LogP contribution in [0.4, 0.5) is 0 Å². The van der Waals surface area contributed by atoms with Gasteiger partial charge in [0.15, 0.2) is 5.03 Å². The van der Waals surface area contributed by atoms with E-state index in [2.05, 4.69) is 10.2 Å². The minimum absolute atomic E-state index is 0.201. The molecule has 0 fully saturated rings. The van der Waals surface area contributed by atoms with Gasteiger partial charge >= 0.3 is 0 Å². The summed E-state index contributed by atoms with van der Waals surface area (Å²) >= 11 is 11.8. The summed E-state index contributed by atoms with van der Waals surface area (Å²) < 4.78 is 24.4. The molecular formula is C12H10Cl2N2O3S. The monoisotopic (exact) mass is 332 g/mol. The third kappa shape index (κ3) is 3.20. The van der Waals surface area contributed by atoms with Gasteiger partial charge in [-0.3, -0.25) is 4.79 Å². The molecule has 2 rings (SSSR count). The van der Waals surface area contributed by atoms with Gasteiger partial charge in [0.25, 0.3) is 5.56 Å². The molecule has 0 amide bonds. The molecule has 1 N–H and O–H groups in total. The molecule has 1 heterocycles. The quantitative estimate of drug-likeness (QED) is 0.935. The lowest BCUT2D eigenvalue weighted by Crippen LogP contribution is -2.13. The van der Waals surface area contributed by atoms with Crippen LogP contribution in [-0.4, -0.2) is 18.6 Å². The molecule has 0 spiro atoms. The average molecular weight is 333 g/mol. The summed E-state index contributed by atoms with van der Waals surface area (Å²) in [5.41, 5.74) is 0.672. The summed E-state index contributed by atoms with van der Waals surface area (Å²) in [5, 5.41) is 6.18. The summed E-state index contributed by atoms with van der Waals surface area (Å²) in [7, 11) is -3.68. The molecule has 0 unspecified atom stereocenters. The molecule has 106 valence electrons. The number of H-pyrrole nitrogens is 1. The van der Waals surface area contributed by atoms with Crippen molar-refractivity contribution in [3.8, 4) is 0 Å². The maximum atomic E-state index is 12.2. The van der Waals surface area contributed by atoms with Crippen molar-refractivity contribution < 1.29 is 8.42 Å². The van der Waals surface area contributed by atoms with Crippen LogP contribution in [0.1, 0.15) is 11.1 Å². The maximum absolute atomic E-state index is 12.2. The first-order chi connectivity index (χ1) is 9.29. The average Bonchev–Trinajstić information content (AvgIpc) is 2.35. The highest BCUT2D eigenvalue weighted by Gasteiger charge is 2.19. The SMILES string of the molecule is Cc1c(Cl)cc(Cl)cc1CS(=O)(=O)c1ccc(=O)[nH]n1. The molecule has 20 heavy (non-hydrogen) atoms. The number of aromatic amines is 1. The van der Waals surface area contributed by atoms with Gasteiger partial charge in [-0.15, -0.1) is 0 Å². The fourth-order valence-corrected chi connectivity index (χ4v) is 3.49. The molecular weight excluding hydrogens is 323 g/mol. The van der Waals surface area contributed by atoms with Crippen LogP contribution >= 0.6 is 23.2 Å². The minimum Gasteiger partial charge on any atom is -0.268 e. The van der Waals surface area contributed by atoms with Gasteiger partial charge in [-0.25, -0.2) is 13.5 Å². The van der Waals surface area contributed by atoms with Crippen molar-refractivity contribution in [2.24, 2.45) is 0 Å². The number of benzene rings is 1. The number of halogens is 2. The van der Waals surface area contributed by atoms with Crippen LogP contribution in [0.2, 0.25) is 10.0 Å². The number of aromatic nitrogens is 2. The Morgan fingerprint density at radius 2 is 1.95 bits per heavy atom. The molecule has 0 radical (unpaired) electrons. The molecule has 2 aromatic rings. The highest BCUT2D eigenvalue weighted by Crippen LogP contribution is 2.27. The number of hydrogen-bond acceptors (Lipinski definition) is 4. The highest BCUT2D eigenvalue weighted by atomic mass is 35.5. The Labute approximate surface area is 125 Å². The van der Waals surface area contributed by atoms with Gasteiger partial charge in [0.2, 0.25) is 9.84 Å². The Morgan fingerprint density at radius 3 is 2.55 bits per heavy atom. The lowest BCUT2D eigenvalue weighted by atomic mass is 10.1. The van der Waals surface area contributed by atoms with Gasteiger partial charge in [-0.2, -0.15) is 5.10 Å². The van der Waals surface area contributed by atoms with Gasteiger partial charge in [0.1, 0.15) is 0 Å². The van der Waals surface area contributed by atoms with Crippen molar-refractivity contribution in [3.05, 3.63) is 55.8 Å². The number of rotatable bonds is 3. The molecule has 0 aliphatic heterocycles. The van der Waals surface area contributed by atoms with Crippen molar-refractivity contribution in [3.63, 3.8) is 0 Å². The lowest BCUT2D eigenvalue weighted by Gasteiger charge is -2.09. The molecule has 1 aromatic heterocycles. The van der Waals surface area contributed by atoms with Crippen LogP contribution in [-0.2, 0) is 15.6 Å². The van der Waals surface area contributed by atoms with Gasteiger partial charge in [0, 0.05) is 16.1 Å². The van der Waals surface area contributed by atoms with Crippen LogP contribution < -0.4 is 5.56 Å². The zero-order valence-corrected chi connectivity index (χ0v) is 12.7. The van der Waals surface area contributed by atoms with Gasteiger partial charge in [-0.1, -0.05) is 23.2 Å². The van der Waals surface area contributed by atoms with E-state index in [1.165, 1.54) is 0 Å². The van der Waals surface area contributed by atoms with Crippen molar-refractivity contribution >= 4 is 33.0 Å². The van der Waals surface area contributed by atoms with Crippen LogP contribution in [0.3, 0.4) is 0 Å². The number of nitrogens with zero attached hydrogens (tertiary/aromatic N) is 1. The normalized spacial score (nSPS) is 11.6. The van der Waals surface area contributed by atoms with E-state index in [1.54, 1.807) is 19.1 Å². The molecule has 0 bridgehead atoms. The first-order valence-electron chi connectivity index (χ1n) is 5.52. The largest absolute Gasteiger partial charge is 0.268 e. The first kappa shape index (κ1) is 15.0. The Bertz CT molecular complexity index is 795. The predicted molar refractivity (Wildman–Crippen MR) is 76.9 cm³/mol. The molecule has 0 aliphatic carbocycles. The maximum Gasteiger partial charge on any atom is 0.264 e. The van der Waals surface area contributed by atoms with Crippen LogP contribution in [0.5, 0.6) is 0 Å². The van der Waals surface area contributed by atoms with E-state index < -0.39 is 15.4 Å². The van der Waals surface area contributed by atoms with Crippen molar-refractivity contribution in [1.82, 2.24) is 10.2 Å². The van der Waals surface area contributed by atoms with Gasteiger partial charge in [0.05, 0.1) is 5.75 Å². The minimum atomic E-state index is -3.68. The Morgan fingerprint density at radius 1 is 1.25 bits per heavy atom. The summed E-state index contributed by atoms with van der Waals surface area (Å²) in [4.78, 5) is 10.9. The van der Waals surface area contributed by atoms with Crippen LogP contribution in [0, 0.1) is 6.92 Å². The second kappa shape index (κ2) is 5.55. The van der Waals surface area contributed by atoms with Crippen molar-refractivity contribution in [2.75, 3.05) is 0 Å². The molecule has 1 aromatic carbocycles. The van der Waals surface area contributed by atoms with E-state index in [4.69, 9.17) is 23.2 Å². The lowest BCUT2D eigenvalue weighted by molar-refractivity contribution is 0.588. The van der Waals surface area contributed by atoms with E-state index in [9.17, 15) is 13.2 Å². The van der Waals surface area contributed by atoms with E-state index >= 15 is 0 Å². The Kier molecular flexibility index (Phi) is 4.17. The van der Waals surface area contributed by atoms with E-state index in [0.29, 0.717) is 21.2 Å². The predicted octanol–water partition coefficient (Wildman–Crippen LogP) is 2.36. The molecule has 8 heteroatoms. The van der Waals surface area contributed by atoms with E-state index in [1.807, 2.05) is 0 Å². The third-order valence-corrected chi connectivity index (χ3v) is 4.90. The standard InChI is InChI=1S/C12H10Cl2N2O3S/c1-7-8(4-9(13)5-10(7)14)6-20(18,19)12-3-2-11(17)15-16-12/h2-5H,6H2,1H3,(H,15,17). The zero-order valence-electron chi connectivity index (χ0n) is 10.4. The Hall–Kier alpha value is -1.37. The smallest absolute Gasteiger partial charge is 0.264 e. The molecule has 0 saturated carbocycles. The van der Waals surface area contributed by atoms with E-state index in [-0.39, 0.29) is 10.8 Å². The zero-order chi connectivity index (χ0) is 14.9. The van der Waals surface area contributed by atoms with E-state index in [0.717, 1.165) is 12.1 Å². The fraction of sp³-hybridized carbons (Fsp3) is 0.167. The summed E-state index contributed by atoms with van der Waals surface area (Å²) in [5.74, 6) is -0.293. The molecule has 0 aliphatic rings. The summed E-state index contributed by atoms with van der Waals surface area (Å²) in [6.45, 7) is 1.71. The topological polar surface area (TPSA) is 79.9 Å². The van der Waals surface area contributed by atoms with Crippen molar-refractivity contribution in [2.45, 2.75) is 17.7 Å². The van der Waals surface area contributed by atoms with Crippen LogP contribution in [0.25, 0.3) is 0 Å². The van der Waals surface area contributed by atoms with Gasteiger partial charge in [-0.05, 0) is 36.2 Å². The highest BCUT2D eigenvalue weighted by molar-refractivity contribution is 7.90. The van der Waals surface area contributed by atoms with Crippen LogP contribution in [0.15, 0.2) is 34.1 Å². The summed E-state index contributed by atoms with van der Waals surface area (Å²) in [6.07, 6.45) is 0.